The standard InChI is InChI=1S/C12H16F2N2/c1-5(2)16-11(12(13)14)9-8-4-7(8)6(3)10(9)15-16/h5-8,12H,4H2,1-3H3. The molecule has 0 N–H and O–H groups in total. The second-order valence-electron chi connectivity index (χ2n) is 5.32. The minimum Gasteiger partial charge on any atom is -0.261 e. The van der Waals surface area contributed by atoms with Gasteiger partial charge in [-0.2, -0.15) is 5.10 Å². The summed E-state index contributed by atoms with van der Waals surface area (Å²) in [6.07, 6.45) is -1.32. The summed E-state index contributed by atoms with van der Waals surface area (Å²) in [7, 11) is 0. The highest BCUT2D eigenvalue weighted by atomic mass is 19.3. The van der Waals surface area contributed by atoms with E-state index in [2.05, 4.69) is 12.0 Å². The molecule has 1 aromatic rings. The normalized spacial score (nSPS) is 31.1. The zero-order valence-electron chi connectivity index (χ0n) is 9.74. The van der Waals surface area contributed by atoms with Crippen LogP contribution in [0, 0.1) is 5.92 Å². The van der Waals surface area contributed by atoms with Gasteiger partial charge < -0.3 is 0 Å². The zero-order valence-corrected chi connectivity index (χ0v) is 9.74. The Labute approximate surface area is 93.6 Å². The second-order valence-corrected chi connectivity index (χ2v) is 5.32. The maximum atomic E-state index is 13.1. The zero-order chi connectivity index (χ0) is 11.6. The third kappa shape index (κ3) is 1.13. The number of nitrogens with zero attached hydrogens (tertiary/aromatic N) is 2. The lowest BCUT2D eigenvalue weighted by molar-refractivity contribution is 0.135. The van der Waals surface area contributed by atoms with Crippen LogP contribution in [0.15, 0.2) is 0 Å². The fourth-order valence-corrected chi connectivity index (χ4v) is 3.11. The monoisotopic (exact) mass is 226 g/mol. The fourth-order valence-electron chi connectivity index (χ4n) is 3.11. The maximum absolute atomic E-state index is 13.1. The number of halogens is 2. The summed E-state index contributed by atoms with van der Waals surface area (Å²) >= 11 is 0. The molecule has 16 heavy (non-hydrogen) atoms. The Morgan fingerprint density at radius 3 is 2.62 bits per heavy atom. The van der Waals surface area contributed by atoms with Crippen LogP contribution >= 0.6 is 0 Å². The van der Waals surface area contributed by atoms with Crippen molar-refractivity contribution in [2.24, 2.45) is 5.92 Å². The molecule has 0 amide bonds. The number of rotatable bonds is 2. The first kappa shape index (κ1) is 10.2. The number of alkyl halides is 2. The van der Waals surface area contributed by atoms with Crippen molar-refractivity contribution >= 4 is 0 Å². The molecule has 0 aromatic carbocycles. The predicted molar refractivity (Wildman–Crippen MR) is 56.8 cm³/mol. The van der Waals surface area contributed by atoms with E-state index in [1.54, 1.807) is 0 Å². The first-order valence-electron chi connectivity index (χ1n) is 5.92. The second kappa shape index (κ2) is 3.05. The molecule has 0 saturated heterocycles. The van der Waals surface area contributed by atoms with E-state index in [9.17, 15) is 8.78 Å². The molecule has 0 bridgehead atoms. The highest BCUT2D eigenvalue weighted by molar-refractivity contribution is 5.45. The van der Waals surface area contributed by atoms with E-state index in [4.69, 9.17) is 0 Å². The number of aromatic nitrogens is 2. The van der Waals surface area contributed by atoms with Crippen molar-refractivity contribution in [3.05, 3.63) is 17.0 Å². The molecule has 0 spiro atoms. The van der Waals surface area contributed by atoms with Crippen LogP contribution in [0.4, 0.5) is 8.78 Å². The van der Waals surface area contributed by atoms with Crippen LogP contribution in [0.3, 0.4) is 0 Å². The average molecular weight is 226 g/mol. The molecule has 3 unspecified atom stereocenters. The minimum absolute atomic E-state index is 0.0130. The molecular formula is C12H16F2N2. The van der Waals surface area contributed by atoms with Crippen LogP contribution in [0.1, 0.15) is 68.4 Å². The van der Waals surface area contributed by atoms with Crippen molar-refractivity contribution in [3.63, 3.8) is 0 Å². The molecule has 88 valence electrons. The van der Waals surface area contributed by atoms with Crippen molar-refractivity contribution in [2.45, 2.75) is 51.5 Å². The molecule has 1 fully saturated rings. The Morgan fingerprint density at radius 2 is 2.06 bits per heavy atom. The Bertz CT molecular complexity index is 436. The van der Waals surface area contributed by atoms with Gasteiger partial charge >= 0.3 is 0 Å². The SMILES string of the molecule is CC1c2nn(C(C)C)c(C(F)F)c2C2CC12. The van der Waals surface area contributed by atoms with E-state index in [1.807, 2.05) is 13.8 Å². The maximum Gasteiger partial charge on any atom is 0.280 e. The molecule has 2 aliphatic carbocycles. The Balaban J connectivity index is 2.17. The van der Waals surface area contributed by atoms with E-state index in [1.165, 1.54) is 4.68 Å². The third-order valence-electron chi connectivity index (χ3n) is 3.99. The summed E-state index contributed by atoms with van der Waals surface area (Å²) in [5.74, 6) is 1.34. The van der Waals surface area contributed by atoms with Crippen LogP contribution < -0.4 is 0 Å². The molecule has 1 saturated carbocycles. The molecule has 0 radical (unpaired) electrons. The first-order valence-corrected chi connectivity index (χ1v) is 5.92. The third-order valence-corrected chi connectivity index (χ3v) is 3.99. The summed E-state index contributed by atoms with van der Waals surface area (Å²) < 4.78 is 27.8. The number of hydrogen-bond acceptors (Lipinski definition) is 1. The van der Waals surface area contributed by atoms with Gasteiger partial charge in [-0.15, -0.1) is 0 Å². The average Bonchev–Trinajstić information content (AvgIpc) is 2.79. The lowest BCUT2D eigenvalue weighted by Gasteiger charge is -2.11. The van der Waals surface area contributed by atoms with Gasteiger partial charge in [-0.3, -0.25) is 4.68 Å². The van der Waals surface area contributed by atoms with Gasteiger partial charge in [-0.1, -0.05) is 6.92 Å². The smallest absolute Gasteiger partial charge is 0.261 e. The lowest BCUT2D eigenvalue weighted by Crippen LogP contribution is -2.09. The van der Waals surface area contributed by atoms with Crippen molar-refractivity contribution < 1.29 is 8.78 Å². The first-order chi connectivity index (χ1) is 7.52. The van der Waals surface area contributed by atoms with E-state index in [0.717, 1.165) is 17.7 Å². The minimum atomic E-state index is -2.40. The topological polar surface area (TPSA) is 17.8 Å². The molecule has 3 atom stereocenters. The van der Waals surface area contributed by atoms with E-state index >= 15 is 0 Å². The van der Waals surface area contributed by atoms with Crippen molar-refractivity contribution in [3.8, 4) is 0 Å². The van der Waals surface area contributed by atoms with Gasteiger partial charge in [-0.25, -0.2) is 8.78 Å². The predicted octanol–water partition coefficient (Wildman–Crippen LogP) is 3.62. The van der Waals surface area contributed by atoms with Crippen molar-refractivity contribution in [2.75, 3.05) is 0 Å². The summed E-state index contributed by atoms with van der Waals surface area (Å²) in [4.78, 5) is 0. The molecular weight excluding hydrogens is 210 g/mol. The molecule has 4 heteroatoms. The number of hydrogen-bond donors (Lipinski definition) is 0. The van der Waals surface area contributed by atoms with Gasteiger partial charge in [0.15, 0.2) is 0 Å². The van der Waals surface area contributed by atoms with Gasteiger partial charge in [-0.05, 0) is 32.1 Å². The van der Waals surface area contributed by atoms with Crippen LogP contribution in [0.25, 0.3) is 0 Å². The molecule has 0 aliphatic heterocycles. The Morgan fingerprint density at radius 1 is 1.38 bits per heavy atom. The highest BCUT2D eigenvalue weighted by Gasteiger charge is 2.54. The highest BCUT2D eigenvalue weighted by Crippen LogP contribution is 2.64. The van der Waals surface area contributed by atoms with E-state index < -0.39 is 6.43 Å². The summed E-state index contributed by atoms with van der Waals surface area (Å²) in [6.45, 7) is 5.93. The summed E-state index contributed by atoms with van der Waals surface area (Å²) in [5.41, 5.74) is 1.99. The Kier molecular flexibility index (Phi) is 1.95. The molecule has 2 nitrogen and oxygen atoms in total. The van der Waals surface area contributed by atoms with Crippen LogP contribution in [-0.4, -0.2) is 9.78 Å². The Hall–Kier alpha value is -0.930. The van der Waals surface area contributed by atoms with Gasteiger partial charge in [0.05, 0.1) is 5.69 Å². The van der Waals surface area contributed by atoms with E-state index in [0.29, 0.717) is 17.8 Å². The quantitative estimate of drug-likeness (QED) is 0.753. The van der Waals surface area contributed by atoms with E-state index in [-0.39, 0.29) is 11.7 Å². The molecule has 1 heterocycles. The van der Waals surface area contributed by atoms with Crippen LogP contribution in [0.2, 0.25) is 0 Å². The van der Waals surface area contributed by atoms with Crippen molar-refractivity contribution in [1.29, 1.82) is 0 Å². The van der Waals surface area contributed by atoms with Gasteiger partial charge in [0, 0.05) is 17.5 Å². The summed E-state index contributed by atoms with van der Waals surface area (Å²) in [5, 5.41) is 4.41. The molecule has 3 rings (SSSR count). The summed E-state index contributed by atoms with van der Waals surface area (Å²) in [6, 6.07) is 0.0130. The van der Waals surface area contributed by atoms with Crippen LogP contribution in [-0.2, 0) is 0 Å². The van der Waals surface area contributed by atoms with Gasteiger partial charge in [0.25, 0.3) is 6.43 Å². The van der Waals surface area contributed by atoms with Gasteiger partial charge in [0.1, 0.15) is 5.69 Å². The van der Waals surface area contributed by atoms with Gasteiger partial charge in [0.2, 0.25) is 0 Å². The fraction of sp³-hybridized carbons (Fsp3) is 0.750. The number of fused-ring (bicyclic) bond motifs is 3. The lowest BCUT2D eigenvalue weighted by atomic mass is 10.0. The largest absolute Gasteiger partial charge is 0.280 e. The molecule has 1 aromatic heterocycles. The van der Waals surface area contributed by atoms with Crippen LogP contribution in [0.5, 0.6) is 0 Å². The molecule has 2 aliphatic rings. The van der Waals surface area contributed by atoms with Crippen molar-refractivity contribution in [1.82, 2.24) is 9.78 Å².